The third-order valence-electron chi connectivity index (χ3n) is 1.65. The number of aromatic nitrogens is 1. The Morgan fingerprint density at radius 1 is 1.29 bits per heavy atom. The second kappa shape index (κ2) is 4.68. The highest BCUT2D eigenvalue weighted by molar-refractivity contribution is 5.34. The lowest BCUT2D eigenvalue weighted by Crippen LogP contribution is -2.34. The summed E-state index contributed by atoms with van der Waals surface area (Å²) in [4.78, 5) is 2.96. The van der Waals surface area contributed by atoms with Gasteiger partial charge in [-0.15, -0.1) is 0 Å². The van der Waals surface area contributed by atoms with Crippen LogP contribution in [0, 0.1) is 11.6 Å². The Bertz CT molecular complexity index is 411. The van der Waals surface area contributed by atoms with E-state index in [0.29, 0.717) is 0 Å². The van der Waals surface area contributed by atoms with E-state index in [1.807, 2.05) is 0 Å². The highest BCUT2D eigenvalue weighted by Crippen LogP contribution is 2.25. The average molecular weight is 260 g/mol. The third kappa shape index (κ3) is 3.14. The summed E-state index contributed by atoms with van der Waals surface area (Å²) in [6, 6.07) is 0.248. The average Bonchev–Trinajstić information content (AvgIpc) is 2.21. The summed E-state index contributed by atoms with van der Waals surface area (Å²) in [5, 5.41) is 0. The molecule has 0 aromatic carbocycles. The number of hydrogen-bond acceptors (Lipinski definition) is 3. The van der Waals surface area contributed by atoms with Crippen LogP contribution >= 0.6 is 0 Å². The van der Waals surface area contributed by atoms with Crippen LogP contribution in [0.25, 0.3) is 0 Å². The van der Waals surface area contributed by atoms with Crippen molar-refractivity contribution < 1.29 is 31.1 Å². The van der Waals surface area contributed by atoms with Gasteiger partial charge in [0, 0.05) is 6.07 Å². The molecule has 1 rings (SSSR count). The summed E-state index contributed by atoms with van der Waals surface area (Å²) in [5.41, 5.74) is 4.92. The van der Waals surface area contributed by atoms with Gasteiger partial charge < -0.3 is 10.5 Å². The number of nitrogen functional groups attached to an aromatic ring is 1. The van der Waals surface area contributed by atoms with Crippen LogP contribution in [0.4, 0.5) is 32.2 Å². The number of halogens is 6. The van der Waals surface area contributed by atoms with Crippen molar-refractivity contribution in [2.45, 2.75) is 12.3 Å². The summed E-state index contributed by atoms with van der Waals surface area (Å²) >= 11 is 0. The monoisotopic (exact) mass is 260 g/mol. The zero-order valence-corrected chi connectivity index (χ0v) is 8.06. The molecule has 0 aliphatic heterocycles. The first-order valence-electron chi connectivity index (χ1n) is 4.14. The summed E-state index contributed by atoms with van der Waals surface area (Å²) in [7, 11) is 0. The van der Waals surface area contributed by atoms with Gasteiger partial charge in [-0.1, -0.05) is 0 Å². The molecule has 3 nitrogen and oxygen atoms in total. The Morgan fingerprint density at radius 3 is 2.41 bits per heavy atom. The number of rotatable bonds is 4. The van der Waals surface area contributed by atoms with E-state index in [4.69, 9.17) is 5.73 Å². The lowest BCUT2D eigenvalue weighted by Gasteiger charge is -2.15. The fraction of sp³-hybridized carbons (Fsp3) is 0.375. The maximum atomic E-state index is 12.9. The van der Waals surface area contributed by atoms with Gasteiger partial charge >= 0.3 is 12.3 Å². The minimum atomic E-state index is -4.46. The molecule has 1 aromatic heterocycles. The predicted molar refractivity (Wildman–Crippen MR) is 45.0 cm³/mol. The molecule has 0 saturated carbocycles. The first-order chi connectivity index (χ1) is 7.74. The van der Waals surface area contributed by atoms with Gasteiger partial charge in [0.25, 0.3) is 5.88 Å². The molecule has 0 spiro atoms. The van der Waals surface area contributed by atoms with Crippen LogP contribution in [-0.4, -0.2) is 23.9 Å². The summed E-state index contributed by atoms with van der Waals surface area (Å²) < 4.78 is 77.8. The Labute approximate surface area is 91.2 Å². The van der Waals surface area contributed by atoms with Gasteiger partial charge in [-0.3, -0.25) is 0 Å². The minimum Gasteiger partial charge on any atom is -0.469 e. The molecule has 0 radical (unpaired) electrons. The van der Waals surface area contributed by atoms with E-state index in [9.17, 15) is 26.3 Å². The summed E-state index contributed by atoms with van der Waals surface area (Å²) in [6.07, 6.45) is -3.97. The van der Waals surface area contributed by atoms with Crippen molar-refractivity contribution in [2.75, 3.05) is 12.3 Å². The lowest BCUT2D eigenvalue weighted by atomic mass is 10.4. The Kier molecular flexibility index (Phi) is 3.69. The van der Waals surface area contributed by atoms with Crippen LogP contribution in [0.3, 0.4) is 0 Å². The van der Waals surface area contributed by atoms with Crippen LogP contribution in [0.1, 0.15) is 0 Å². The fourth-order valence-corrected chi connectivity index (χ4v) is 0.792. The van der Waals surface area contributed by atoms with Gasteiger partial charge in [0.05, 0.1) is 0 Å². The van der Waals surface area contributed by atoms with Crippen molar-refractivity contribution in [3.8, 4) is 5.88 Å². The van der Waals surface area contributed by atoms with E-state index >= 15 is 0 Å². The Balaban J connectivity index is 2.80. The van der Waals surface area contributed by atoms with Crippen molar-refractivity contribution in [3.63, 3.8) is 0 Å². The smallest absolute Gasteiger partial charge is 0.340 e. The predicted octanol–water partition coefficient (Wildman–Crippen LogP) is 2.22. The number of alkyl halides is 4. The highest BCUT2D eigenvalue weighted by atomic mass is 19.3. The first-order valence-corrected chi connectivity index (χ1v) is 4.14. The maximum absolute atomic E-state index is 12.9. The SMILES string of the molecule is Nc1nc(OCC(F)(F)C(F)F)c(F)cc1F. The van der Waals surface area contributed by atoms with E-state index in [-0.39, 0.29) is 6.07 Å². The molecular formula is C8H6F6N2O. The van der Waals surface area contributed by atoms with E-state index in [0.717, 1.165) is 0 Å². The van der Waals surface area contributed by atoms with Crippen molar-refractivity contribution in [2.24, 2.45) is 0 Å². The number of ether oxygens (including phenoxy) is 1. The minimum absolute atomic E-state index is 0.248. The molecule has 0 unspecified atom stereocenters. The molecule has 0 amide bonds. The molecule has 96 valence electrons. The number of hydrogen-bond donors (Lipinski definition) is 1. The molecule has 2 N–H and O–H groups in total. The summed E-state index contributed by atoms with van der Waals surface area (Å²) in [6.45, 7) is -1.79. The van der Waals surface area contributed by atoms with E-state index < -0.39 is 42.3 Å². The van der Waals surface area contributed by atoms with Crippen molar-refractivity contribution in [1.82, 2.24) is 4.98 Å². The van der Waals surface area contributed by atoms with Crippen LogP contribution < -0.4 is 10.5 Å². The number of nitrogens with two attached hydrogens (primary N) is 1. The topological polar surface area (TPSA) is 48.1 Å². The van der Waals surface area contributed by atoms with Crippen molar-refractivity contribution in [3.05, 3.63) is 17.7 Å². The largest absolute Gasteiger partial charge is 0.469 e. The maximum Gasteiger partial charge on any atom is 0.340 e. The first kappa shape index (κ1) is 13.4. The quantitative estimate of drug-likeness (QED) is 0.844. The van der Waals surface area contributed by atoms with E-state index in [2.05, 4.69) is 9.72 Å². The Hall–Kier alpha value is -1.67. The number of pyridine rings is 1. The molecule has 0 aliphatic carbocycles. The zero-order valence-electron chi connectivity index (χ0n) is 8.06. The van der Waals surface area contributed by atoms with Crippen LogP contribution in [0.5, 0.6) is 5.88 Å². The van der Waals surface area contributed by atoms with Gasteiger partial charge in [0.1, 0.15) is 0 Å². The molecule has 0 atom stereocenters. The second-order valence-electron chi connectivity index (χ2n) is 2.99. The number of anilines is 1. The Morgan fingerprint density at radius 2 is 1.88 bits per heavy atom. The zero-order chi connectivity index (χ0) is 13.2. The van der Waals surface area contributed by atoms with Crippen LogP contribution in [0.2, 0.25) is 0 Å². The third-order valence-corrected chi connectivity index (χ3v) is 1.65. The van der Waals surface area contributed by atoms with E-state index in [1.165, 1.54) is 0 Å². The van der Waals surface area contributed by atoms with Gasteiger partial charge in [0.15, 0.2) is 24.1 Å². The molecule has 17 heavy (non-hydrogen) atoms. The lowest BCUT2D eigenvalue weighted by molar-refractivity contribution is -0.149. The molecule has 0 fully saturated rings. The molecule has 0 aliphatic rings. The fourth-order valence-electron chi connectivity index (χ4n) is 0.792. The van der Waals surface area contributed by atoms with Crippen molar-refractivity contribution >= 4 is 5.82 Å². The van der Waals surface area contributed by atoms with Gasteiger partial charge in [-0.25, -0.2) is 17.6 Å². The highest BCUT2D eigenvalue weighted by Gasteiger charge is 2.42. The van der Waals surface area contributed by atoms with Crippen LogP contribution in [-0.2, 0) is 0 Å². The molecule has 0 saturated heterocycles. The second-order valence-corrected chi connectivity index (χ2v) is 2.99. The molecule has 1 aromatic rings. The molecule has 9 heteroatoms. The summed E-state index contributed by atoms with van der Waals surface area (Å²) in [5.74, 6) is -8.94. The molecular weight excluding hydrogens is 254 g/mol. The number of nitrogens with zero attached hydrogens (tertiary/aromatic N) is 1. The van der Waals surface area contributed by atoms with Gasteiger partial charge in [-0.05, 0) is 0 Å². The van der Waals surface area contributed by atoms with E-state index in [1.54, 1.807) is 0 Å². The van der Waals surface area contributed by atoms with Crippen LogP contribution in [0.15, 0.2) is 6.07 Å². The molecule has 0 bridgehead atoms. The van der Waals surface area contributed by atoms with Gasteiger partial charge in [-0.2, -0.15) is 13.8 Å². The van der Waals surface area contributed by atoms with Crippen molar-refractivity contribution in [1.29, 1.82) is 0 Å². The standard InChI is InChI=1S/C8H6F6N2O/c9-3-1-4(10)6(16-5(3)15)17-2-8(13,14)7(11)12/h1,7H,2H2,(H2,15,16). The molecule has 1 heterocycles. The normalized spacial score (nSPS) is 11.9. The van der Waals surface area contributed by atoms with Gasteiger partial charge in [0.2, 0.25) is 0 Å².